The van der Waals surface area contributed by atoms with Crippen molar-refractivity contribution in [3.63, 3.8) is 0 Å². The maximum absolute atomic E-state index is 3.67. The van der Waals surface area contributed by atoms with Crippen LogP contribution in [0, 0.1) is 13.8 Å². The lowest BCUT2D eigenvalue weighted by Gasteiger charge is -2.08. The molecule has 0 aliphatic heterocycles. The Morgan fingerprint density at radius 1 is 1.06 bits per heavy atom. The molecule has 1 heterocycles. The summed E-state index contributed by atoms with van der Waals surface area (Å²) in [7, 11) is 0. The summed E-state index contributed by atoms with van der Waals surface area (Å²) in [4.78, 5) is 1.32. The highest BCUT2D eigenvalue weighted by Gasteiger charge is 2.15. The van der Waals surface area contributed by atoms with Gasteiger partial charge >= 0.3 is 0 Å². The Labute approximate surface area is 109 Å². The van der Waals surface area contributed by atoms with Crippen LogP contribution < -0.4 is 0 Å². The molecule has 0 unspecified atom stereocenters. The molecule has 0 spiro atoms. The van der Waals surface area contributed by atoms with Gasteiger partial charge in [0.1, 0.15) is 0 Å². The highest BCUT2D eigenvalue weighted by atomic mass is 79.9. The van der Waals surface area contributed by atoms with Crippen molar-refractivity contribution in [3.05, 3.63) is 46.2 Å². The zero-order valence-electron chi connectivity index (χ0n) is 9.62. The van der Waals surface area contributed by atoms with Gasteiger partial charge in [0.05, 0.1) is 4.47 Å². The van der Waals surface area contributed by atoms with E-state index in [0.29, 0.717) is 0 Å². The van der Waals surface area contributed by atoms with Crippen LogP contribution in [0.15, 0.2) is 39.7 Å². The Morgan fingerprint density at radius 2 is 1.69 bits per heavy atom. The first-order chi connectivity index (χ1) is 7.66. The van der Waals surface area contributed by atoms with E-state index in [0.717, 1.165) is 0 Å². The Kier molecular flexibility index (Phi) is 3.45. The van der Waals surface area contributed by atoms with Crippen LogP contribution in [-0.4, -0.2) is 10.8 Å². The van der Waals surface area contributed by atoms with E-state index in [1.165, 1.54) is 26.4 Å². The van der Waals surface area contributed by atoms with Gasteiger partial charge in [0.25, 0.3) is 0 Å². The third kappa shape index (κ3) is 1.82. The lowest BCUT2D eigenvalue weighted by Crippen LogP contribution is -1.98. The number of aromatic nitrogens is 1. The van der Waals surface area contributed by atoms with Crippen LogP contribution in [0.4, 0.5) is 0 Å². The molecule has 1 aromatic carbocycles. The minimum absolute atomic E-state index is 1.21. The van der Waals surface area contributed by atoms with Gasteiger partial charge in [-0.25, -0.2) is 0 Å². The Morgan fingerprint density at radius 3 is 2.19 bits per heavy atom. The number of halogens is 1. The van der Waals surface area contributed by atoms with Crippen molar-refractivity contribution < 1.29 is 0 Å². The summed E-state index contributed by atoms with van der Waals surface area (Å²) in [6.07, 6.45) is 2.11. The molecule has 1 aromatic heterocycles. The molecule has 0 bridgehead atoms. The second-order valence-electron chi connectivity index (χ2n) is 3.69. The van der Waals surface area contributed by atoms with E-state index in [1.54, 1.807) is 11.8 Å². The predicted octanol–water partition coefficient (Wildman–Crippen LogP) is 4.58. The summed E-state index contributed by atoms with van der Waals surface area (Å²) in [5.41, 5.74) is 3.77. The zero-order chi connectivity index (χ0) is 11.7. The first-order valence-electron chi connectivity index (χ1n) is 5.13. The SMILES string of the molecule is CSc1c(Br)c(C)n(-c2ccccc2)c1C. The van der Waals surface area contributed by atoms with Crippen LogP contribution >= 0.6 is 27.7 Å². The maximum Gasteiger partial charge on any atom is 0.0524 e. The number of benzene rings is 1. The first kappa shape index (κ1) is 11.8. The van der Waals surface area contributed by atoms with Crippen LogP contribution in [0.2, 0.25) is 0 Å². The molecule has 0 saturated carbocycles. The van der Waals surface area contributed by atoms with Crippen molar-refractivity contribution in [2.24, 2.45) is 0 Å². The van der Waals surface area contributed by atoms with Crippen LogP contribution in [0.3, 0.4) is 0 Å². The molecule has 0 saturated heterocycles. The molecule has 0 amide bonds. The van der Waals surface area contributed by atoms with Crippen LogP contribution in [0.5, 0.6) is 0 Å². The number of hydrogen-bond donors (Lipinski definition) is 0. The smallest absolute Gasteiger partial charge is 0.0524 e. The van der Waals surface area contributed by atoms with Crippen molar-refractivity contribution in [2.45, 2.75) is 18.7 Å². The van der Waals surface area contributed by atoms with Gasteiger partial charge in [-0.3, -0.25) is 0 Å². The number of rotatable bonds is 2. The van der Waals surface area contributed by atoms with E-state index in [9.17, 15) is 0 Å². The second kappa shape index (κ2) is 4.68. The maximum atomic E-state index is 3.67. The predicted molar refractivity (Wildman–Crippen MR) is 74.7 cm³/mol. The number of nitrogens with zero attached hydrogens (tertiary/aromatic N) is 1. The number of thioether (sulfide) groups is 1. The first-order valence-corrected chi connectivity index (χ1v) is 7.15. The summed E-state index contributed by atoms with van der Waals surface area (Å²) in [5.74, 6) is 0. The summed E-state index contributed by atoms with van der Waals surface area (Å²) < 4.78 is 3.50. The fraction of sp³-hybridized carbons (Fsp3) is 0.231. The third-order valence-electron chi connectivity index (χ3n) is 2.73. The topological polar surface area (TPSA) is 4.93 Å². The van der Waals surface area contributed by atoms with Crippen molar-refractivity contribution >= 4 is 27.7 Å². The normalized spacial score (nSPS) is 10.8. The van der Waals surface area contributed by atoms with Crippen molar-refractivity contribution in [1.82, 2.24) is 4.57 Å². The van der Waals surface area contributed by atoms with Gasteiger partial charge in [-0.05, 0) is 48.2 Å². The minimum atomic E-state index is 1.21. The van der Waals surface area contributed by atoms with Gasteiger partial charge in [0.15, 0.2) is 0 Å². The molecule has 1 nitrogen and oxygen atoms in total. The Hall–Kier alpha value is -0.670. The number of hydrogen-bond acceptors (Lipinski definition) is 1. The van der Waals surface area contributed by atoms with Gasteiger partial charge in [0, 0.05) is 22.0 Å². The summed E-state index contributed by atoms with van der Waals surface area (Å²) in [6.45, 7) is 4.31. The molecule has 0 fully saturated rings. The van der Waals surface area contributed by atoms with Crippen LogP contribution in [0.1, 0.15) is 11.4 Å². The molecule has 2 aromatic rings. The van der Waals surface area contributed by atoms with Gasteiger partial charge in [0.2, 0.25) is 0 Å². The molecular formula is C13H14BrNS. The van der Waals surface area contributed by atoms with Gasteiger partial charge in [-0.1, -0.05) is 18.2 Å². The Balaban J connectivity index is 2.67. The quantitative estimate of drug-likeness (QED) is 0.734. The molecule has 0 aliphatic carbocycles. The molecule has 0 atom stereocenters. The van der Waals surface area contributed by atoms with Gasteiger partial charge in [-0.15, -0.1) is 11.8 Å². The average Bonchev–Trinajstić information content (AvgIpc) is 2.51. The van der Waals surface area contributed by atoms with E-state index in [-0.39, 0.29) is 0 Å². The van der Waals surface area contributed by atoms with Crippen molar-refractivity contribution in [2.75, 3.05) is 6.26 Å². The second-order valence-corrected chi connectivity index (χ2v) is 5.30. The summed E-state index contributed by atoms with van der Waals surface area (Å²) in [6, 6.07) is 10.5. The highest BCUT2D eigenvalue weighted by molar-refractivity contribution is 9.10. The van der Waals surface area contributed by atoms with E-state index in [2.05, 4.69) is 64.9 Å². The highest BCUT2D eigenvalue weighted by Crippen LogP contribution is 2.36. The molecule has 2 rings (SSSR count). The molecule has 0 aliphatic rings. The molecule has 84 valence electrons. The standard InChI is InChI=1S/C13H14BrNS/c1-9-12(14)13(16-3)10(2)15(9)11-7-5-4-6-8-11/h4-8H,1-3H3. The molecule has 0 N–H and O–H groups in total. The largest absolute Gasteiger partial charge is 0.316 e. The van der Waals surface area contributed by atoms with Crippen LogP contribution in [0.25, 0.3) is 5.69 Å². The minimum Gasteiger partial charge on any atom is -0.316 e. The molecule has 16 heavy (non-hydrogen) atoms. The Bertz CT molecular complexity index is 502. The zero-order valence-corrected chi connectivity index (χ0v) is 12.0. The fourth-order valence-corrected chi connectivity index (χ4v) is 3.64. The van der Waals surface area contributed by atoms with E-state index < -0.39 is 0 Å². The van der Waals surface area contributed by atoms with Crippen LogP contribution in [-0.2, 0) is 0 Å². The number of para-hydroxylation sites is 1. The fourth-order valence-electron chi connectivity index (χ4n) is 1.98. The van der Waals surface area contributed by atoms with Gasteiger partial charge in [-0.2, -0.15) is 0 Å². The monoisotopic (exact) mass is 295 g/mol. The van der Waals surface area contributed by atoms with Gasteiger partial charge < -0.3 is 4.57 Å². The average molecular weight is 296 g/mol. The summed E-state index contributed by atoms with van der Waals surface area (Å²) >= 11 is 5.45. The van der Waals surface area contributed by atoms with E-state index >= 15 is 0 Å². The molecular weight excluding hydrogens is 282 g/mol. The van der Waals surface area contributed by atoms with Crippen molar-refractivity contribution in [1.29, 1.82) is 0 Å². The lowest BCUT2D eigenvalue weighted by atomic mass is 10.3. The summed E-state index contributed by atoms with van der Waals surface area (Å²) in [5, 5.41) is 0. The molecule has 0 radical (unpaired) electrons. The lowest BCUT2D eigenvalue weighted by molar-refractivity contribution is 0.952. The molecule has 3 heteroatoms. The van der Waals surface area contributed by atoms with E-state index in [1.807, 2.05) is 6.07 Å². The van der Waals surface area contributed by atoms with E-state index in [4.69, 9.17) is 0 Å². The third-order valence-corrected chi connectivity index (χ3v) is 4.88. The van der Waals surface area contributed by atoms with Crippen molar-refractivity contribution in [3.8, 4) is 5.69 Å².